The van der Waals surface area contributed by atoms with Crippen LogP contribution in [0.2, 0.25) is 0 Å². The summed E-state index contributed by atoms with van der Waals surface area (Å²) in [5, 5.41) is 0. The Morgan fingerprint density at radius 2 is 1.92 bits per heavy atom. The first-order valence-electron chi connectivity index (χ1n) is 4.21. The van der Waals surface area contributed by atoms with Gasteiger partial charge in [0.05, 0.1) is 0 Å². The summed E-state index contributed by atoms with van der Waals surface area (Å²) >= 11 is 0. The van der Waals surface area contributed by atoms with Crippen LogP contribution < -0.4 is 0 Å². The lowest BCUT2D eigenvalue weighted by atomic mass is 9.97. The molecule has 0 fully saturated rings. The lowest BCUT2D eigenvalue weighted by Gasteiger charge is -2.08. The molecule has 68 valence electrons. The monoisotopic (exact) mass is 168 g/mol. The van der Waals surface area contributed by atoms with Crippen molar-refractivity contribution in [3.8, 4) is 0 Å². The number of carbonyl (C=O) groups excluding carboxylic acids is 2. The molecule has 0 aliphatic heterocycles. The minimum atomic E-state index is 0.174. The molecule has 0 atom stereocenters. The molecule has 0 aromatic carbocycles. The van der Waals surface area contributed by atoms with E-state index in [1.165, 1.54) is 0 Å². The number of rotatable bonds is 5. The van der Waals surface area contributed by atoms with E-state index in [2.05, 4.69) is 0 Å². The molecule has 0 amide bonds. The van der Waals surface area contributed by atoms with Crippen LogP contribution in [0.25, 0.3) is 0 Å². The van der Waals surface area contributed by atoms with Crippen LogP contribution in [0.1, 0.15) is 33.6 Å². The van der Waals surface area contributed by atoms with Crippen molar-refractivity contribution in [2.24, 2.45) is 5.92 Å². The molecule has 0 heterocycles. The summed E-state index contributed by atoms with van der Waals surface area (Å²) in [7, 11) is 0. The second-order valence-corrected chi connectivity index (χ2v) is 3.23. The molecule has 0 unspecified atom stereocenters. The molecule has 0 spiro atoms. The number of aldehydes is 1. The maximum absolute atomic E-state index is 10.7. The normalized spacial score (nSPS) is 11.8. The number of carbonyl (C=O) groups is 2. The highest BCUT2D eigenvalue weighted by Crippen LogP contribution is 2.14. The van der Waals surface area contributed by atoms with Crippen molar-refractivity contribution in [2.75, 3.05) is 0 Å². The van der Waals surface area contributed by atoms with Crippen molar-refractivity contribution in [3.63, 3.8) is 0 Å². The second kappa shape index (κ2) is 5.70. The van der Waals surface area contributed by atoms with Gasteiger partial charge in [-0.15, -0.1) is 0 Å². The van der Waals surface area contributed by atoms with Crippen molar-refractivity contribution >= 4 is 12.1 Å². The van der Waals surface area contributed by atoms with Gasteiger partial charge in [0.1, 0.15) is 12.1 Å². The minimum Gasteiger partial charge on any atom is -0.300 e. The first-order valence-corrected chi connectivity index (χ1v) is 4.21. The second-order valence-electron chi connectivity index (χ2n) is 3.23. The van der Waals surface area contributed by atoms with Gasteiger partial charge < -0.3 is 4.79 Å². The maximum atomic E-state index is 10.7. The van der Waals surface area contributed by atoms with E-state index in [9.17, 15) is 9.59 Å². The van der Waals surface area contributed by atoms with Gasteiger partial charge in [0, 0.05) is 6.42 Å². The number of allylic oxidation sites excluding steroid dienone is 2. The van der Waals surface area contributed by atoms with Crippen molar-refractivity contribution in [3.05, 3.63) is 11.6 Å². The minimum absolute atomic E-state index is 0.174. The summed E-state index contributed by atoms with van der Waals surface area (Å²) in [5.74, 6) is 0.530. The predicted molar refractivity (Wildman–Crippen MR) is 48.9 cm³/mol. The highest BCUT2D eigenvalue weighted by Gasteiger charge is 2.03. The largest absolute Gasteiger partial charge is 0.300 e. The van der Waals surface area contributed by atoms with Crippen LogP contribution in [-0.4, -0.2) is 12.1 Å². The summed E-state index contributed by atoms with van der Waals surface area (Å²) < 4.78 is 0. The number of hydrogen-bond acceptors (Lipinski definition) is 2. The summed E-state index contributed by atoms with van der Waals surface area (Å²) in [6.07, 6.45) is 3.60. The molecule has 0 aliphatic carbocycles. The van der Waals surface area contributed by atoms with Crippen LogP contribution in [0, 0.1) is 5.92 Å². The number of hydrogen-bond donors (Lipinski definition) is 0. The molecule has 12 heavy (non-hydrogen) atoms. The van der Waals surface area contributed by atoms with E-state index < -0.39 is 0 Å². The molecule has 0 bridgehead atoms. The first-order chi connectivity index (χ1) is 5.57. The highest BCUT2D eigenvalue weighted by atomic mass is 16.1. The van der Waals surface area contributed by atoms with Gasteiger partial charge in [-0.3, -0.25) is 4.79 Å². The van der Waals surface area contributed by atoms with Crippen LogP contribution in [0.4, 0.5) is 0 Å². The maximum Gasteiger partial charge on any atom is 0.142 e. The van der Waals surface area contributed by atoms with Crippen molar-refractivity contribution in [2.45, 2.75) is 33.6 Å². The molecule has 2 nitrogen and oxygen atoms in total. The van der Waals surface area contributed by atoms with Crippen LogP contribution in [0.5, 0.6) is 0 Å². The summed E-state index contributed by atoms with van der Waals surface area (Å²) in [5.41, 5.74) is 1.06. The fourth-order valence-corrected chi connectivity index (χ4v) is 0.972. The Morgan fingerprint density at radius 3 is 2.25 bits per heavy atom. The van der Waals surface area contributed by atoms with E-state index in [1.807, 2.05) is 13.8 Å². The third-order valence-electron chi connectivity index (χ3n) is 1.79. The molecule has 0 saturated heterocycles. The summed E-state index contributed by atoms with van der Waals surface area (Å²) in [6.45, 7) is 5.61. The van der Waals surface area contributed by atoms with E-state index in [1.54, 1.807) is 13.0 Å². The molecular weight excluding hydrogens is 152 g/mol. The molecule has 0 aromatic rings. The van der Waals surface area contributed by atoms with E-state index in [4.69, 9.17) is 0 Å². The summed E-state index contributed by atoms with van der Waals surface area (Å²) in [4.78, 5) is 20.9. The first kappa shape index (κ1) is 11.1. The SMILES string of the molecule is CC(=O)CC/C(=C\C=O)C(C)C. The van der Waals surface area contributed by atoms with Crippen LogP contribution in [0.3, 0.4) is 0 Å². The van der Waals surface area contributed by atoms with Crippen LogP contribution in [-0.2, 0) is 9.59 Å². The zero-order valence-corrected chi connectivity index (χ0v) is 7.96. The zero-order valence-electron chi connectivity index (χ0n) is 7.96. The third-order valence-corrected chi connectivity index (χ3v) is 1.79. The molecule has 0 radical (unpaired) electrons. The fourth-order valence-electron chi connectivity index (χ4n) is 0.972. The van der Waals surface area contributed by atoms with Gasteiger partial charge in [0.25, 0.3) is 0 Å². The van der Waals surface area contributed by atoms with E-state index in [-0.39, 0.29) is 5.78 Å². The molecule has 0 rings (SSSR count). The topological polar surface area (TPSA) is 34.1 Å². The lowest BCUT2D eigenvalue weighted by molar-refractivity contribution is -0.117. The smallest absolute Gasteiger partial charge is 0.142 e. The molecular formula is C10H16O2. The van der Waals surface area contributed by atoms with Gasteiger partial charge in [-0.25, -0.2) is 0 Å². The Kier molecular flexibility index (Phi) is 5.26. The van der Waals surface area contributed by atoms with Gasteiger partial charge >= 0.3 is 0 Å². The molecule has 0 aromatic heterocycles. The van der Waals surface area contributed by atoms with Crippen molar-refractivity contribution in [1.82, 2.24) is 0 Å². The Hall–Kier alpha value is -0.920. The average Bonchev–Trinajstić information content (AvgIpc) is 1.96. The zero-order chi connectivity index (χ0) is 9.56. The number of ketones is 1. The fraction of sp³-hybridized carbons (Fsp3) is 0.600. The predicted octanol–water partition coefficient (Wildman–Crippen LogP) is 2.14. The Balaban J connectivity index is 4.05. The highest BCUT2D eigenvalue weighted by molar-refractivity contribution is 5.76. The average molecular weight is 168 g/mol. The van der Waals surface area contributed by atoms with E-state index in [0.29, 0.717) is 18.8 Å². The molecule has 0 N–H and O–H groups in total. The van der Waals surface area contributed by atoms with Crippen LogP contribution in [0.15, 0.2) is 11.6 Å². The quantitative estimate of drug-likeness (QED) is 0.465. The molecule has 0 saturated carbocycles. The van der Waals surface area contributed by atoms with Gasteiger partial charge in [-0.2, -0.15) is 0 Å². The standard InChI is InChI=1S/C10H16O2/c1-8(2)10(6-7-11)5-4-9(3)12/h6-8H,4-5H2,1-3H3/b10-6+. The Morgan fingerprint density at radius 1 is 1.33 bits per heavy atom. The van der Waals surface area contributed by atoms with Crippen LogP contribution >= 0.6 is 0 Å². The summed E-state index contributed by atoms with van der Waals surface area (Å²) in [6, 6.07) is 0. The van der Waals surface area contributed by atoms with Gasteiger partial charge in [-0.1, -0.05) is 19.4 Å². The third kappa shape index (κ3) is 4.83. The molecule has 0 aliphatic rings. The molecule has 2 heteroatoms. The lowest BCUT2D eigenvalue weighted by Crippen LogP contribution is -1.98. The van der Waals surface area contributed by atoms with Crippen molar-refractivity contribution < 1.29 is 9.59 Å². The Labute approximate surface area is 73.7 Å². The Bertz CT molecular complexity index is 190. The van der Waals surface area contributed by atoms with Crippen molar-refractivity contribution in [1.29, 1.82) is 0 Å². The number of Topliss-reactive ketones (excluding diaryl/α,β-unsaturated/α-hetero) is 1. The van der Waals surface area contributed by atoms with E-state index in [0.717, 1.165) is 11.9 Å². The van der Waals surface area contributed by atoms with Gasteiger partial charge in [0.2, 0.25) is 0 Å². The van der Waals surface area contributed by atoms with Gasteiger partial charge in [0.15, 0.2) is 0 Å². The van der Waals surface area contributed by atoms with Gasteiger partial charge in [-0.05, 0) is 25.3 Å². The van der Waals surface area contributed by atoms with E-state index >= 15 is 0 Å².